The summed E-state index contributed by atoms with van der Waals surface area (Å²) in [5.74, 6) is 0. The SMILES string of the molecule is c1ccc(-n2c3cc(-c4ccc5c6ccccc6c6ccccc6c5c4)ccc3c3c2ccc2c4c5oc6ccccc6c5ccc4n(-c4ccccc4)c23)cc1. The highest BCUT2D eigenvalue weighted by Crippen LogP contribution is 2.46. The molecule has 0 aliphatic carbocycles. The lowest BCUT2D eigenvalue weighted by Gasteiger charge is -2.12. The zero-order chi connectivity index (χ0) is 37.2. The van der Waals surface area contributed by atoms with Crippen LogP contribution in [0.1, 0.15) is 0 Å². The van der Waals surface area contributed by atoms with Crippen molar-refractivity contribution >= 4 is 97.9 Å². The summed E-state index contributed by atoms with van der Waals surface area (Å²) in [6.45, 7) is 0. The molecule has 0 saturated carbocycles. The van der Waals surface area contributed by atoms with Crippen LogP contribution in [-0.4, -0.2) is 9.13 Å². The second-order valence-corrected chi connectivity index (χ2v) is 15.2. The van der Waals surface area contributed by atoms with E-state index in [2.05, 4.69) is 197 Å². The van der Waals surface area contributed by atoms with Gasteiger partial charge in [0, 0.05) is 38.3 Å². The molecule has 0 aliphatic rings. The quantitative estimate of drug-likeness (QED) is 0.166. The molecule has 3 nitrogen and oxygen atoms in total. The summed E-state index contributed by atoms with van der Waals surface area (Å²) in [7, 11) is 0. The van der Waals surface area contributed by atoms with Crippen LogP contribution in [0.2, 0.25) is 0 Å². The molecule has 3 aromatic heterocycles. The molecule has 0 unspecified atom stereocenters. The van der Waals surface area contributed by atoms with Gasteiger partial charge >= 0.3 is 0 Å². The zero-order valence-electron chi connectivity index (χ0n) is 30.8. The van der Waals surface area contributed by atoms with Crippen LogP contribution in [0.5, 0.6) is 0 Å². The minimum Gasteiger partial charge on any atom is -0.455 e. The molecule has 13 rings (SSSR count). The number of fused-ring (bicyclic) bond motifs is 17. The third-order valence-electron chi connectivity index (χ3n) is 12.3. The first-order valence-corrected chi connectivity index (χ1v) is 19.6. The monoisotopic (exact) mass is 724 g/mol. The molecule has 10 aromatic carbocycles. The number of aromatic nitrogens is 2. The molecule has 0 saturated heterocycles. The minimum atomic E-state index is 0.907. The Morgan fingerprint density at radius 3 is 1.47 bits per heavy atom. The van der Waals surface area contributed by atoms with Gasteiger partial charge in [0.25, 0.3) is 0 Å². The Morgan fingerprint density at radius 2 is 0.789 bits per heavy atom. The van der Waals surface area contributed by atoms with Crippen LogP contribution in [0.15, 0.2) is 199 Å². The average molecular weight is 725 g/mol. The topological polar surface area (TPSA) is 23.0 Å². The first-order valence-electron chi connectivity index (χ1n) is 19.6. The maximum atomic E-state index is 6.72. The number of rotatable bonds is 3. The first kappa shape index (κ1) is 30.7. The first-order chi connectivity index (χ1) is 28.3. The Labute approximate surface area is 326 Å². The molecular weight excluding hydrogens is 693 g/mol. The maximum absolute atomic E-state index is 6.72. The average Bonchev–Trinajstić information content (AvgIpc) is 3.94. The van der Waals surface area contributed by atoms with E-state index in [0.717, 1.165) is 49.7 Å². The third kappa shape index (κ3) is 4.20. The highest BCUT2D eigenvalue weighted by atomic mass is 16.3. The molecule has 0 aliphatic heterocycles. The predicted octanol–water partition coefficient (Wildman–Crippen LogP) is 14.9. The van der Waals surface area contributed by atoms with E-state index >= 15 is 0 Å². The van der Waals surface area contributed by atoms with Crippen molar-refractivity contribution < 1.29 is 4.42 Å². The van der Waals surface area contributed by atoms with Crippen molar-refractivity contribution in [3.05, 3.63) is 194 Å². The Bertz CT molecular complexity index is 3760. The van der Waals surface area contributed by atoms with Crippen LogP contribution in [0.25, 0.3) is 120 Å². The van der Waals surface area contributed by atoms with Crippen molar-refractivity contribution in [1.29, 1.82) is 0 Å². The molecule has 0 bridgehead atoms. The molecule has 13 aromatic rings. The molecule has 0 amide bonds. The fourth-order valence-corrected chi connectivity index (χ4v) is 9.84. The van der Waals surface area contributed by atoms with E-state index in [9.17, 15) is 0 Å². The lowest BCUT2D eigenvalue weighted by atomic mass is 9.92. The van der Waals surface area contributed by atoms with Crippen LogP contribution < -0.4 is 0 Å². The van der Waals surface area contributed by atoms with Gasteiger partial charge in [-0.2, -0.15) is 0 Å². The Kier molecular flexibility index (Phi) is 6.16. The molecule has 3 heterocycles. The van der Waals surface area contributed by atoms with Gasteiger partial charge in [0.1, 0.15) is 11.2 Å². The van der Waals surface area contributed by atoms with Crippen molar-refractivity contribution in [2.45, 2.75) is 0 Å². The molecule has 264 valence electrons. The molecule has 0 atom stereocenters. The number of hydrogen-bond donors (Lipinski definition) is 0. The molecular formula is C54H32N2O. The Hall–Kier alpha value is -7.62. The second kappa shape index (κ2) is 11.5. The van der Waals surface area contributed by atoms with Crippen LogP contribution in [0.3, 0.4) is 0 Å². The minimum absolute atomic E-state index is 0.907. The molecule has 0 spiro atoms. The summed E-state index contributed by atoms with van der Waals surface area (Å²) < 4.78 is 11.6. The highest BCUT2D eigenvalue weighted by Gasteiger charge is 2.24. The van der Waals surface area contributed by atoms with Crippen LogP contribution in [0, 0.1) is 0 Å². The second-order valence-electron chi connectivity index (χ2n) is 15.2. The summed E-state index contributed by atoms with van der Waals surface area (Å²) in [5.41, 5.74) is 11.1. The molecule has 57 heavy (non-hydrogen) atoms. The van der Waals surface area contributed by atoms with E-state index < -0.39 is 0 Å². The fraction of sp³-hybridized carbons (Fsp3) is 0. The van der Waals surface area contributed by atoms with Crippen molar-refractivity contribution in [3.8, 4) is 22.5 Å². The largest absolute Gasteiger partial charge is 0.455 e. The van der Waals surface area contributed by atoms with E-state index in [1.807, 2.05) is 6.07 Å². The van der Waals surface area contributed by atoms with Gasteiger partial charge in [0.15, 0.2) is 0 Å². The van der Waals surface area contributed by atoms with E-state index in [1.54, 1.807) is 0 Å². The number of nitrogens with zero attached hydrogens (tertiary/aromatic N) is 2. The van der Waals surface area contributed by atoms with Crippen LogP contribution in [0.4, 0.5) is 0 Å². The van der Waals surface area contributed by atoms with Crippen molar-refractivity contribution in [2.24, 2.45) is 0 Å². The Balaban J connectivity index is 1.15. The van der Waals surface area contributed by atoms with Gasteiger partial charge < -0.3 is 13.6 Å². The lowest BCUT2D eigenvalue weighted by molar-refractivity contribution is 0.673. The van der Waals surface area contributed by atoms with Crippen molar-refractivity contribution in [3.63, 3.8) is 0 Å². The number of benzene rings is 10. The van der Waals surface area contributed by atoms with Gasteiger partial charge in [0.2, 0.25) is 0 Å². The maximum Gasteiger partial charge on any atom is 0.145 e. The predicted molar refractivity (Wildman–Crippen MR) is 240 cm³/mol. The van der Waals surface area contributed by atoms with Gasteiger partial charge in [-0.25, -0.2) is 0 Å². The van der Waals surface area contributed by atoms with Crippen molar-refractivity contribution in [2.75, 3.05) is 0 Å². The molecule has 0 N–H and O–H groups in total. The molecule has 3 heteroatoms. The zero-order valence-corrected chi connectivity index (χ0v) is 30.8. The third-order valence-corrected chi connectivity index (χ3v) is 12.3. The van der Waals surface area contributed by atoms with E-state index in [1.165, 1.54) is 70.6 Å². The van der Waals surface area contributed by atoms with E-state index in [-0.39, 0.29) is 0 Å². The van der Waals surface area contributed by atoms with Gasteiger partial charge in [-0.05, 0) is 110 Å². The summed E-state index contributed by atoms with van der Waals surface area (Å²) >= 11 is 0. The molecule has 0 radical (unpaired) electrons. The van der Waals surface area contributed by atoms with Gasteiger partial charge in [0.05, 0.1) is 27.5 Å². The lowest BCUT2D eigenvalue weighted by Crippen LogP contribution is -1.95. The van der Waals surface area contributed by atoms with Gasteiger partial charge in [-0.15, -0.1) is 0 Å². The van der Waals surface area contributed by atoms with Crippen LogP contribution in [-0.2, 0) is 0 Å². The summed E-state index contributed by atoms with van der Waals surface area (Å²) in [6, 6.07) is 70.7. The summed E-state index contributed by atoms with van der Waals surface area (Å²) in [4.78, 5) is 0. The van der Waals surface area contributed by atoms with E-state index in [0.29, 0.717) is 0 Å². The van der Waals surface area contributed by atoms with Crippen LogP contribution >= 0.6 is 0 Å². The normalized spacial score (nSPS) is 12.2. The standard InChI is InChI=1S/C54H32N2O/c1-3-13-35(14-4-1)55-47-30-28-45-52-48(29-27-43-42-21-11-12-22-50(42)57-54(43)52)56(36-15-5-2-6-16-36)53(45)51(47)44-26-24-34(32-49(44)55)33-23-25-41-39-19-8-7-17-37(39)38-18-9-10-20-40(38)46(41)31-33/h1-32H. The number of hydrogen-bond acceptors (Lipinski definition) is 1. The molecule has 0 fully saturated rings. The summed E-state index contributed by atoms with van der Waals surface area (Å²) in [6.07, 6.45) is 0. The smallest absolute Gasteiger partial charge is 0.145 e. The number of para-hydroxylation sites is 3. The van der Waals surface area contributed by atoms with E-state index in [4.69, 9.17) is 4.42 Å². The van der Waals surface area contributed by atoms with Gasteiger partial charge in [-0.3, -0.25) is 0 Å². The fourth-order valence-electron chi connectivity index (χ4n) is 9.84. The van der Waals surface area contributed by atoms with Gasteiger partial charge in [-0.1, -0.05) is 127 Å². The highest BCUT2D eigenvalue weighted by molar-refractivity contribution is 6.31. The summed E-state index contributed by atoms with van der Waals surface area (Å²) in [5, 5.41) is 14.7. The Morgan fingerprint density at radius 1 is 0.298 bits per heavy atom. The number of furan rings is 1. The van der Waals surface area contributed by atoms with Crippen molar-refractivity contribution in [1.82, 2.24) is 9.13 Å².